The minimum absolute atomic E-state index is 0.0647. The molecule has 18 heavy (non-hydrogen) atoms. The standard InChI is InChI=1S/C15H17NO2/c1-16(14-6-2-12(10-17)3-7-14)15-8-4-13(11-18)5-9-15/h2-9,17-18H,10-11H2,1H3. The van der Waals surface area contributed by atoms with E-state index in [1.165, 1.54) is 0 Å². The first-order valence-corrected chi connectivity index (χ1v) is 5.88. The maximum Gasteiger partial charge on any atom is 0.0681 e. The number of hydrogen-bond donors (Lipinski definition) is 2. The second kappa shape index (κ2) is 5.67. The maximum atomic E-state index is 9.00. The van der Waals surface area contributed by atoms with Gasteiger partial charge in [-0.05, 0) is 35.4 Å². The molecular formula is C15H17NO2. The van der Waals surface area contributed by atoms with Gasteiger partial charge in [0.15, 0.2) is 0 Å². The second-order valence-electron chi connectivity index (χ2n) is 4.21. The highest BCUT2D eigenvalue weighted by Gasteiger charge is 2.03. The van der Waals surface area contributed by atoms with Crippen LogP contribution in [-0.2, 0) is 13.2 Å². The lowest BCUT2D eigenvalue weighted by molar-refractivity contribution is 0.281. The summed E-state index contributed by atoms with van der Waals surface area (Å²) in [6.45, 7) is 0.129. The number of anilines is 2. The summed E-state index contributed by atoms with van der Waals surface area (Å²) in [7, 11) is 1.99. The van der Waals surface area contributed by atoms with Gasteiger partial charge in [0, 0.05) is 18.4 Å². The molecule has 0 aromatic heterocycles. The number of rotatable bonds is 4. The van der Waals surface area contributed by atoms with Crippen LogP contribution in [0.2, 0.25) is 0 Å². The van der Waals surface area contributed by atoms with E-state index in [0.717, 1.165) is 22.5 Å². The highest BCUT2D eigenvalue weighted by Crippen LogP contribution is 2.24. The topological polar surface area (TPSA) is 43.7 Å². The van der Waals surface area contributed by atoms with Crippen LogP contribution in [0.1, 0.15) is 11.1 Å². The Hall–Kier alpha value is -1.84. The summed E-state index contributed by atoms with van der Waals surface area (Å²) in [6, 6.07) is 15.6. The van der Waals surface area contributed by atoms with Crippen LogP contribution >= 0.6 is 0 Å². The molecule has 0 aliphatic heterocycles. The van der Waals surface area contributed by atoms with Gasteiger partial charge in [0.2, 0.25) is 0 Å². The highest BCUT2D eigenvalue weighted by molar-refractivity contribution is 5.62. The summed E-state index contributed by atoms with van der Waals surface area (Å²) in [4.78, 5) is 2.06. The van der Waals surface area contributed by atoms with Gasteiger partial charge in [0.1, 0.15) is 0 Å². The first-order chi connectivity index (χ1) is 8.74. The number of aliphatic hydroxyl groups is 2. The van der Waals surface area contributed by atoms with Crippen molar-refractivity contribution in [2.45, 2.75) is 13.2 Å². The number of nitrogens with zero attached hydrogens (tertiary/aromatic N) is 1. The van der Waals surface area contributed by atoms with Gasteiger partial charge in [-0.15, -0.1) is 0 Å². The molecule has 3 heteroatoms. The Kier molecular flexibility index (Phi) is 3.97. The quantitative estimate of drug-likeness (QED) is 0.866. The molecule has 0 aliphatic rings. The van der Waals surface area contributed by atoms with Crippen molar-refractivity contribution < 1.29 is 10.2 Å². The zero-order valence-electron chi connectivity index (χ0n) is 10.4. The van der Waals surface area contributed by atoms with Gasteiger partial charge in [0.05, 0.1) is 13.2 Å². The van der Waals surface area contributed by atoms with Gasteiger partial charge >= 0.3 is 0 Å². The van der Waals surface area contributed by atoms with Gasteiger partial charge in [-0.3, -0.25) is 0 Å². The minimum Gasteiger partial charge on any atom is -0.392 e. The average molecular weight is 243 g/mol. The third-order valence-electron chi connectivity index (χ3n) is 3.01. The molecule has 0 atom stereocenters. The molecule has 3 nitrogen and oxygen atoms in total. The minimum atomic E-state index is 0.0647. The Morgan fingerprint density at radius 3 is 1.33 bits per heavy atom. The van der Waals surface area contributed by atoms with E-state index in [-0.39, 0.29) is 13.2 Å². The van der Waals surface area contributed by atoms with Crippen LogP contribution in [0, 0.1) is 0 Å². The first-order valence-electron chi connectivity index (χ1n) is 5.88. The molecule has 0 unspecified atom stereocenters. The lowest BCUT2D eigenvalue weighted by atomic mass is 10.1. The maximum absolute atomic E-state index is 9.00. The molecule has 0 spiro atoms. The molecule has 0 fully saturated rings. The van der Waals surface area contributed by atoms with E-state index in [0.29, 0.717) is 0 Å². The molecule has 2 aromatic rings. The molecule has 0 aliphatic carbocycles. The summed E-state index contributed by atoms with van der Waals surface area (Å²) in [5, 5.41) is 18.0. The van der Waals surface area contributed by atoms with E-state index in [2.05, 4.69) is 4.90 Å². The van der Waals surface area contributed by atoms with E-state index in [9.17, 15) is 0 Å². The third-order valence-corrected chi connectivity index (χ3v) is 3.01. The summed E-state index contributed by atoms with van der Waals surface area (Å²) in [5.74, 6) is 0. The Labute approximate surface area is 107 Å². The van der Waals surface area contributed by atoms with E-state index in [4.69, 9.17) is 10.2 Å². The van der Waals surface area contributed by atoms with Crippen LogP contribution in [0.3, 0.4) is 0 Å². The molecule has 0 bridgehead atoms. The summed E-state index contributed by atoms with van der Waals surface area (Å²) < 4.78 is 0. The molecule has 2 rings (SSSR count). The van der Waals surface area contributed by atoms with Crippen molar-refractivity contribution in [2.75, 3.05) is 11.9 Å². The van der Waals surface area contributed by atoms with E-state index >= 15 is 0 Å². The summed E-state index contributed by atoms with van der Waals surface area (Å²) >= 11 is 0. The van der Waals surface area contributed by atoms with Crippen molar-refractivity contribution in [1.29, 1.82) is 0 Å². The van der Waals surface area contributed by atoms with Gasteiger partial charge in [-0.25, -0.2) is 0 Å². The number of hydrogen-bond acceptors (Lipinski definition) is 3. The largest absolute Gasteiger partial charge is 0.392 e. The SMILES string of the molecule is CN(c1ccc(CO)cc1)c1ccc(CO)cc1. The van der Waals surface area contributed by atoms with Crippen molar-refractivity contribution in [2.24, 2.45) is 0 Å². The van der Waals surface area contributed by atoms with E-state index in [1.807, 2.05) is 55.6 Å². The normalized spacial score (nSPS) is 10.4. The van der Waals surface area contributed by atoms with Gasteiger partial charge in [-0.1, -0.05) is 24.3 Å². The zero-order valence-corrected chi connectivity index (χ0v) is 10.4. The van der Waals surface area contributed by atoms with E-state index in [1.54, 1.807) is 0 Å². The van der Waals surface area contributed by atoms with Crippen LogP contribution < -0.4 is 4.90 Å². The molecule has 0 saturated carbocycles. The predicted octanol–water partition coefficient (Wildman–Crippen LogP) is 2.44. The Balaban J connectivity index is 2.20. The molecule has 0 amide bonds. The van der Waals surface area contributed by atoms with Crippen LogP contribution in [0.4, 0.5) is 11.4 Å². The molecule has 2 aromatic carbocycles. The van der Waals surface area contributed by atoms with Crippen molar-refractivity contribution in [3.05, 3.63) is 59.7 Å². The Morgan fingerprint density at radius 2 is 1.06 bits per heavy atom. The number of benzene rings is 2. The van der Waals surface area contributed by atoms with Crippen LogP contribution in [0.25, 0.3) is 0 Å². The van der Waals surface area contributed by atoms with Crippen molar-refractivity contribution in [3.8, 4) is 0 Å². The third kappa shape index (κ3) is 2.70. The van der Waals surface area contributed by atoms with Gasteiger partial charge in [0.25, 0.3) is 0 Å². The second-order valence-corrected chi connectivity index (χ2v) is 4.21. The van der Waals surface area contributed by atoms with Gasteiger partial charge in [-0.2, -0.15) is 0 Å². The lowest BCUT2D eigenvalue weighted by Gasteiger charge is -2.20. The molecule has 0 radical (unpaired) electrons. The Morgan fingerprint density at radius 1 is 0.722 bits per heavy atom. The highest BCUT2D eigenvalue weighted by atomic mass is 16.3. The molecular weight excluding hydrogens is 226 g/mol. The molecule has 0 saturated heterocycles. The van der Waals surface area contributed by atoms with Crippen molar-refractivity contribution >= 4 is 11.4 Å². The average Bonchev–Trinajstić information content (AvgIpc) is 2.47. The fraction of sp³-hybridized carbons (Fsp3) is 0.200. The summed E-state index contributed by atoms with van der Waals surface area (Å²) in [6.07, 6.45) is 0. The van der Waals surface area contributed by atoms with Gasteiger partial charge < -0.3 is 15.1 Å². The monoisotopic (exact) mass is 243 g/mol. The van der Waals surface area contributed by atoms with Crippen LogP contribution in [0.15, 0.2) is 48.5 Å². The predicted molar refractivity (Wildman–Crippen MR) is 72.8 cm³/mol. The fourth-order valence-corrected chi connectivity index (χ4v) is 1.80. The Bertz CT molecular complexity index is 443. The molecule has 0 heterocycles. The smallest absolute Gasteiger partial charge is 0.0681 e. The molecule has 2 N–H and O–H groups in total. The van der Waals surface area contributed by atoms with Crippen LogP contribution in [-0.4, -0.2) is 17.3 Å². The lowest BCUT2D eigenvalue weighted by Crippen LogP contribution is -2.09. The molecule has 94 valence electrons. The van der Waals surface area contributed by atoms with Crippen molar-refractivity contribution in [1.82, 2.24) is 0 Å². The first kappa shape index (κ1) is 12.6. The summed E-state index contributed by atoms with van der Waals surface area (Å²) in [5.41, 5.74) is 3.93. The van der Waals surface area contributed by atoms with Crippen LogP contribution in [0.5, 0.6) is 0 Å². The van der Waals surface area contributed by atoms with E-state index < -0.39 is 0 Å². The number of aliphatic hydroxyl groups excluding tert-OH is 2. The fourth-order valence-electron chi connectivity index (χ4n) is 1.80. The zero-order chi connectivity index (χ0) is 13.0. The van der Waals surface area contributed by atoms with Crippen molar-refractivity contribution in [3.63, 3.8) is 0 Å².